The Hall–Kier alpha value is -2.03. The fourth-order valence-electron chi connectivity index (χ4n) is 1.97. The molecule has 0 spiro atoms. The largest absolute Gasteiger partial charge is 0.492 e. The highest BCUT2D eigenvalue weighted by Crippen LogP contribution is 2.14. The highest BCUT2D eigenvalue weighted by Gasteiger charge is 1.97. The molecule has 0 bridgehead atoms. The van der Waals surface area contributed by atoms with Crippen LogP contribution in [0, 0.1) is 19.7 Å². The third kappa shape index (κ3) is 4.28. The smallest absolute Gasteiger partial charge is 0.123 e. The Kier molecular flexibility index (Phi) is 4.39. The van der Waals surface area contributed by atoms with E-state index in [1.807, 2.05) is 0 Å². The predicted octanol–water partition coefficient (Wildman–Crippen LogP) is 3.93. The molecule has 2 rings (SSSR count). The number of anilines is 1. The standard InChI is InChI=1S/C16H18FNO/c1-12-9-13(2)11-15(10-12)18-7-8-19-16-5-3-14(17)4-6-16/h3-6,9-11,18H,7-8H2,1-2H3. The van der Waals surface area contributed by atoms with E-state index in [4.69, 9.17) is 4.74 Å². The summed E-state index contributed by atoms with van der Waals surface area (Å²) in [5.41, 5.74) is 3.57. The fourth-order valence-corrected chi connectivity index (χ4v) is 1.97. The van der Waals surface area contributed by atoms with Crippen LogP contribution in [0.1, 0.15) is 11.1 Å². The highest BCUT2D eigenvalue weighted by atomic mass is 19.1. The number of rotatable bonds is 5. The van der Waals surface area contributed by atoms with Crippen LogP contribution in [0.25, 0.3) is 0 Å². The SMILES string of the molecule is Cc1cc(C)cc(NCCOc2ccc(F)cc2)c1. The molecule has 0 saturated heterocycles. The molecule has 1 N–H and O–H groups in total. The van der Waals surface area contributed by atoms with E-state index < -0.39 is 0 Å². The molecule has 0 amide bonds. The van der Waals surface area contributed by atoms with E-state index >= 15 is 0 Å². The van der Waals surface area contributed by atoms with Crippen LogP contribution in [0.2, 0.25) is 0 Å². The van der Waals surface area contributed by atoms with Gasteiger partial charge in [-0.05, 0) is 61.4 Å². The second kappa shape index (κ2) is 6.23. The van der Waals surface area contributed by atoms with Crippen molar-refractivity contribution in [3.05, 3.63) is 59.4 Å². The molecule has 0 saturated carbocycles. The zero-order valence-corrected chi connectivity index (χ0v) is 11.2. The van der Waals surface area contributed by atoms with Crippen LogP contribution >= 0.6 is 0 Å². The van der Waals surface area contributed by atoms with Gasteiger partial charge >= 0.3 is 0 Å². The number of nitrogens with one attached hydrogen (secondary N) is 1. The van der Waals surface area contributed by atoms with Crippen LogP contribution in [0.5, 0.6) is 5.75 Å². The summed E-state index contributed by atoms with van der Waals surface area (Å²) in [6, 6.07) is 12.4. The Bertz CT molecular complexity index is 517. The first-order valence-electron chi connectivity index (χ1n) is 6.34. The summed E-state index contributed by atoms with van der Waals surface area (Å²) >= 11 is 0. The van der Waals surface area contributed by atoms with Crippen LogP contribution < -0.4 is 10.1 Å². The van der Waals surface area contributed by atoms with Gasteiger partial charge in [0.15, 0.2) is 0 Å². The molecule has 0 atom stereocenters. The van der Waals surface area contributed by atoms with Gasteiger partial charge in [-0.25, -0.2) is 4.39 Å². The maximum Gasteiger partial charge on any atom is 0.123 e. The molecule has 0 fully saturated rings. The molecule has 0 aliphatic heterocycles. The van der Waals surface area contributed by atoms with E-state index in [1.165, 1.54) is 23.3 Å². The summed E-state index contributed by atoms with van der Waals surface area (Å²) in [5, 5.41) is 3.31. The molecule has 0 heterocycles. The molecule has 0 aliphatic carbocycles. The van der Waals surface area contributed by atoms with Gasteiger partial charge in [-0.2, -0.15) is 0 Å². The minimum atomic E-state index is -0.249. The third-order valence-electron chi connectivity index (χ3n) is 2.74. The second-order valence-corrected chi connectivity index (χ2v) is 4.61. The summed E-state index contributed by atoms with van der Waals surface area (Å²) in [5.74, 6) is 0.435. The van der Waals surface area contributed by atoms with Crippen molar-refractivity contribution in [1.29, 1.82) is 0 Å². The van der Waals surface area contributed by atoms with E-state index in [1.54, 1.807) is 12.1 Å². The second-order valence-electron chi connectivity index (χ2n) is 4.61. The van der Waals surface area contributed by atoms with Gasteiger partial charge in [0.05, 0.1) is 0 Å². The van der Waals surface area contributed by atoms with Gasteiger partial charge in [0.2, 0.25) is 0 Å². The molecule has 2 aromatic rings. The normalized spacial score (nSPS) is 10.3. The summed E-state index contributed by atoms with van der Waals surface area (Å²) in [6.45, 7) is 5.40. The Morgan fingerprint density at radius 2 is 1.63 bits per heavy atom. The molecule has 0 aromatic heterocycles. The van der Waals surface area contributed by atoms with Crippen LogP contribution in [-0.2, 0) is 0 Å². The van der Waals surface area contributed by atoms with E-state index in [0.29, 0.717) is 18.9 Å². The highest BCUT2D eigenvalue weighted by molar-refractivity contribution is 5.48. The van der Waals surface area contributed by atoms with Gasteiger partial charge in [0.1, 0.15) is 18.2 Å². The van der Waals surface area contributed by atoms with Crippen LogP contribution in [0.4, 0.5) is 10.1 Å². The maximum atomic E-state index is 12.7. The first-order chi connectivity index (χ1) is 9.13. The number of hydrogen-bond acceptors (Lipinski definition) is 2. The van der Waals surface area contributed by atoms with Crippen molar-refractivity contribution in [2.75, 3.05) is 18.5 Å². The van der Waals surface area contributed by atoms with Crippen molar-refractivity contribution in [2.45, 2.75) is 13.8 Å². The zero-order chi connectivity index (χ0) is 13.7. The van der Waals surface area contributed by atoms with E-state index in [0.717, 1.165) is 5.69 Å². The lowest BCUT2D eigenvalue weighted by molar-refractivity contribution is 0.332. The summed E-state index contributed by atoms with van der Waals surface area (Å²) < 4.78 is 18.2. The lowest BCUT2D eigenvalue weighted by Gasteiger charge is -2.10. The average Bonchev–Trinajstić information content (AvgIpc) is 2.36. The molecule has 3 heteroatoms. The van der Waals surface area contributed by atoms with Crippen molar-refractivity contribution in [1.82, 2.24) is 0 Å². The molecule has 0 radical (unpaired) electrons. The van der Waals surface area contributed by atoms with Gasteiger partial charge in [-0.1, -0.05) is 6.07 Å². The summed E-state index contributed by atoms with van der Waals surface area (Å²) in [7, 11) is 0. The summed E-state index contributed by atoms with van der Waals surface area (Å²) in [6.07, 6.45) is 0. The first-order valence-corrected chi connectivity index (χ1v) is 6.34. The van der Waals surface area contributed by atoms with Crippen LogP contribution in [0.15, 0.2) is 42.5 Å². The zero-order valence-electron chi connectivity index (χ0n) is 11.2. The van der Waals surface area contributed by atoms with Crippen molar-refractivity contribution in [3.63, 3.8) is 0 Å². The minimum Gasteiger partial charge on any atom is -0.492 e. The van der Waals surface area contributed by atoms with Crippen molar-refractivity contribution in [3.8, 4) is 5.75 Å². The third-order valence-corrected chi connectivity index (χ3v) is 2.74. The number of ether oxygens (including phenoxy) is 1. The Morgan fingerprint density at radius 1 is 1.00 bits per heavy atom. The lowest BCUT2D eigenvalue weighted by atomic mass is 10.1. The van der Waals surface area contributed by atoms with Gasteiger partial charge in [0, 0.05) is 12.2 Å². The number of hydrogen-bond donors (Lipinski definition) is 1. The maximum absolute atomic E-state index is 12.7. The number of aryl methyl sites for hydroxylation is 2. The van der Waals surface area contributed by atoms with Crippen molar-refractivity contribution in [2.24, 2.45) is 0 Å². The van der Waals surface area contributed by atoms with E-state index in [2.05, 4.69) is 37.4 Å². The van der Waals surface area contributed by atoms with Crippen molar-refractivity contribution >= 4 is 5.69 Å². The Morgan fingerprint density at radius 3 is 2.26 bits per heavy atom. The van der Waals surface area contributed by atoms with Crippen LogP contribution in [-0.4, -0.2) is 13.2 Å². The topological polar surface area (TPSA) is 21.3 Å². The molecule has 0 unspecified atom stereocenters. The van der Waals surface area contributed by atoms with Gasteiger partial charge < -0.3 is 10.1 Å². The molecule has 0 aliphatic rings. The number of benzene rings is 2. The van der Waals surface area contributed by atoms with Gasteiger partial charge in [-0.15, -0.1) is 0 Å². The predicted molar refractivity (Wildman–Crippen MR) is 76.3 cm³/mol. The monoisotopic (exact) mass is 259 g/mol. The molecular formula is C16H18FNO. The molecule has 2 nitrogen and oxygen atoms in total. The van der Waals surface area contributed by atoms with E-state index in [-0.39, 0.29) is 5.82 Å². The average molecular weight is 259 g/mol. The number of halogens is 1. The Labute approximate surface area is 113 Å². The molecule has 2 aromatic carbocycles. The first kappa shape index (κ1) is 13.4. The molecule has 100 valence electrons. The molecule has 19 heavy (non-hydrogen) atoms. The van der Waals surface area contributed by atoms with Crippen molar-refractivity contribution < 1.29 is 9.13 Å². The summed E-state index contributed by atoms with van der Waals surface area (Å²) in [4.78, 5) is 0. The van der Waals surface area contributed by atoms with Gasteiger partial charge in [-0.3, -0.25) is 0 Å². The van der Waals surface area contributed by atoms with Crippen LogP contribution in [0.3, 0.4) is 0 Å². The Balaban J connectivity index is 1.79. The van der Waals surface area contributed by atoms with E-state index in [9.17, 15) is 4.39 Å². The minimum absolute atomic E-state index is 0.249. The van der Waals surface area contributed by atoms with Gasteiger partial charge in [0.25, 0.3) is 0 Å². The quantitative estimate of drug-likeness (QED) is 0.821. The fraction of sp³-hybridized carbons (Fsp3) is 0.250. The molecular weight excluding hydrogens is 241 g/mol. The lowest BCUT2D eigenvalue weighted by Crippen LogP contribution is -2.11.